The Morgan fingerprint density at radius 2 is 1.40 bits per heavy atom. The van der Waals surface area contributed by atoms with Crippen LogP contribution in [0.1, 0.15) is 17.0 Å². The predicted octanol–water partition coefficient (Wildman–Crippen LogP) is 2.24. The second-order valence-corrected chi connectivity index (χ2v) is 4.35. The molecule has 20 heavy (non-hydrogen) atoms. The lowest BCUT2D eigenvalue weighted by atomic mass is 9.86. The molecular weight excluding hydrogens is 256 g/mol. The summed E-state index contributed by atoms with van der Waals surface area (Å²) in [7, 11) is 0. The van der Waals surface area contributed by atoms with Gasteiger partial charge >= 0.3 is 5.97 Å². The van der Waals surface area contributed by atoms with Crippen LogP contribution in [0.25, 0.3) is 0 Å². The number of aliphatic carboxylic acids is 1. The number of hydrogen-bond donors (Lipinski definition) is 2. The molecule has 2 rings (SSSR count). The molecule has 0 aliphatic rings. The molecule has 0 radical (unpaired) electrons. The van der Waals surface area contributed by atoms with Crippen LogP contribution in [-0.4, -0.2) is 29.1 Å². The van der Waals surface area contributed by atoms with Crippen molar-refractivity contribution in [1.29, 1.82) is 0 Å². The quantitative estimate of drug-likeness (QED) is 0.791. The van der Waals surface area contributed by atoms with E-state index in [2.05, 4.69) is 0 Å². The monoisotopic (exact) mass is 272 g/mol. The van der Waals surface area contributed by atoms with Crippen molar-refractivity contribution < 1.29 is 19.7 Å². The molecule has 4 nitrogen and oxygen atoms in total. The lowest BCUT2D eigenvalue weighted by Gasteiger charge is -2.24. The van der Waals surface area contributed by atoms with E-state index in [1.807, 2.05) is 60.7 Å². The van der Waals surface area contributed by atoms with Crippen LogP contribution in [0, 0.1) is 0 Å². The minimum atomic E-state index is -1.13. The summed E-state index contributed by atoms with van der Waals surface area (Å²) in [6.07, 6.45) is -1.13. The summed E-state index contributed by atoms with van der Waals surface area (Å²) in [5.41, 5.74) is 1.67. The average Bonchev–Trinajstić information content (AvgIpc) is 2.49. The molecule has 0 aliphatic carbocycles. The van der Waals surface area contributed by atoms with Crippen LogP contribution in [0.3, 0.4) is 0 Å². The number of carboxylic acids is 1. The molecule has 0 saturated heterocycles. The first-order valence-corrected chi connectivity index (χ1v) is 6.29. The topological polar surface area (TPSA) is 66.8 Å². The van der Waals surface area contributed by atoms with Crippen LogP contribution in [0.2, 0.25) is 0 Å². The Balaban J connectivity index is 2.46. The van der Waals surface area contributed by atoms with Crippen LogP contribution in [0.5, 0.6) is 0 Å². The van der Waals surface area contributed by atoms with E-state index in [-0.39, 0.29) is 0 Å². The van der Waals surface area contributed by atoms with Gasteiger partial charge in [0.2, 0.25) is 0 Å². The third kappa shape index (κ3) is 3.23. The van der Waals surface area contributed by atoms with Crippen LogP contribution in [0.15, 0.2) is 60.7 Å². The fourth-order valence-electron chi connectivity index (χ4n) is 2.25. The first-order chi connectivity index (χ1) is 9.74. The fraction of sp³-hybridized carbons (Fsp3) is 0.188. The number of hydrogen-bond acceptors (Lipinski definition) is 3. The minimum Gasteiger partial charge on any atom is -0.479 e. The molecule has 2 aromatic carbocycles. The van der Waals surface area contributed by atoms with Gasteiger partial charge < -0.3 is 14.9 Å². The highest BCUT2D eigenvalue weighted by Gasteiger charge is 2.31. The van der Waals surface area contributed by atoms with E-state index in [0.29, 0.717) is 0 Å². The van der Waals surface area contributed by atoms with E-state index in [9.17, 15) is 9.90 Å². The molecule has 104 valence electrons. The number of carboxylic acid groups (broad SMARTS) is 1. The molecule has 0 aliphatic heterocycles. The number of rotatable bonds is 6. The van der Waals surface area contributed by atoms with Gasteiger partial charge in [-0.25, -0.2) is 4.79 Å². The van der Waals surface area contributed by atoms with Gasteiger partial charge in [-0.05, 0) is 11.1 Å². The second-order valence-electron chi connectivity index (χ2n) is 4.35. The molecule has 1 atom stereocenters. The first-order valence-electron chi connectivity index (χ1n) is 6.29. The highest BCUT2D eigenvalue weighted by atomic mass is 16.6. The summed E-state index contributed by atoms with van der Waals surface area (Å²) in [6.45, 7) is -0.632. The maximum absolute atomic E-state index is 11.4. The summed E-state index contributed by atoms with van der Waals surface area (Å²) in [4.78, 5) is 11.4. The molecular formula is C16H16O4. The second kappa shape index (κ2) is 6.84. The average molecular weight is 272 g/mol. The Bertz CT molecular complexity index is 499. The molecule has 0 unspecified atom stereocenters. The number of aliphatic hydroxyl groups is 1. The molecule has 2 aromatic rings. The van der Waals surface area contributed by atoms with Gasteiger partial charge in [0.05, 0.1) is 0 Å². The van der Waals surface area contributed by atoms with Gasteiger partial charge in [-0.15, -0.1) is 0 Å². The van der Waals surface area contributed by atoms with E-state index in [1.54, 1.807) is 0 Å². The zero-order valence-electron chi connectivity index (χ0n) is 10.8. The fourth-order valence-corrected chi connectivity index (χ4v) is 2.25. The smallest absolute Gasteiger partial charge is 0.333 e. The molecule has 0 aromatic heterocycles. The van der Waals surface area contributed by atoms with Crippen LogP contribution in [0.4, 0.5) is 0 Å². The molecule has 0 bridgehead atoms. The van der Waals surface area contributed by atoms with Crippen molar-refractivity contribution >= 4 is 5.97 Å². The summed E-state index contributed by atoms with van der Waals surface area (Å²) in [6, 6.07) is 18.6. The first kappa shape index (κ1) is 14.2. The Morgan fingerprint density at radius 3 is 1.75 bits per heavy atom. The van der Waals surface area contributed by atoms with Gasteiger partial charge in [-0.3, -0.25) is 0 Å². The molecule has 0 spiro atoms. The summed E-state index contributed by atoms with van der Waals surface area (Å²) in [5.74, 6) is -1.57. The van der Waals surface area contributed by atoms with Crippen LogP contribution in [-0.2, 0) is 9.53 Å². The third-order valence-corrected chi connectivity index (χ3v) is 3.12. The van der Waals surface area contributed by atoms with Crippen molar-refractivity contribution in [1.82, 2.24) is 0 Å². The van der Waals surface area contributed by atoms with Crippen LogP contribution < -0.4 is 0 Å². The summed E-state index contributed by atoms with van der Waals surface area (Å²) >= 11 is 0. The largest absolute Gasteiger partial charge is 0.479 e. The molecule has 2 N–H and O–H groups in total. The highest BCUT2D eigenvalue weighted by molar-refractivity contribution is 5.75. The number of carbonyl (C=O) groups is 1. The number of ether oxygens (including phenoxy) is 1. The molecule has 4 heteroatoms. The number of aliphatic hydroxyl groups excluding tert-OH is 1. The summed E-state index contributed by atoms with van der Waals surface area (Å²) in [5, 5.41) is 18.3. The maximum atomic E-state index is 11.4. The lowest BCUT2D eigenvalue weighted by molar-refractivity contribution is -0.158. The van der Waals surface area contributed by atoms with Gasteiger partial charge in [0.15, 0.2) is 6.10 Å². The van der Waals surface area contributed by atoms with Crippen LogP contribution >= 0.6 is 0 Å². The lowest BCUT2D eigenvalue weighted by Crippen LogP contribution is -2.32. The Morgan fingerprint density at radius 1 is 0.950 bits per heavy atom. The predicted molar refractivity (Wildman–Crippen MR) is 74.3 cm³/mol. The van der Waals surface area contributed by atoms with E-state index >= 15 is 0 Å². The SMILES string of the molecule is O=C(O)[C@@H](OCO)C(c1ccccc1)c1ccccc1. The van der Waals surface area contributed by atoms with Gasteiger partial charge in [0.25, 0.3) is 0 Å². The maximum Gasteiger partial charge on any atom is 0.333 e. The van der Waals surface area contributed by atoms with E-state index in [1.165, 1.54) is 0 Å². The Kier molecular flexibility index (Phi) is 4.87. The number of benzene rings is 2. The van der Waals surface area contributed by atoms with Gasteiger partial charge in [-0.1, -0.05) is 60.7 Å². The van der Waals surface area contributed by atoms with E-state index in [4.69, 9.17) is 9.84 Å². The zero-order valence-corrected chi connectivity index (χ0v) is 10.8. The standard InChI is InChI=1S/C16H16O4/c17-11-20-15(16(18)19)14(12-7-3-1-4-8-12)13-9-5-2-6-10-13/h1-10,14-15,17H,11H2,(H,18,19)/t15-/m0/s1. The molecule has 0 amide bonds. The third-order valence-electron chi connectivity index (χ3n) is 3.12. The summed E-state index contributed by atoms with van der Waals surface area (Å²) < 4.78 is 5.03. The molecule has 0 saturated carbocycles. The normalized spacial score (nSPS) is 12.3. The molecule has 0 heterocycles. The van der Waals surface area contributed by atoms with Crippen molar-refractivity contribution in [3.63, 3.8) is 0 Å². The van der Waals surface area contributed by atoms with Crippen molar-refractivity contribution in [2.24, 2.45) is 0 Å². The van der Waals surface area contributed by atoms with Gasteiger partial charge in [0.1, 0.15) is 6.79 Å². The molecule has 0 fully saturated rings. The van der Waals surface area contributed by atoms with Crippen molar-refractivity contribution in [3.8, 4) is 0 Å². The Hall–Kier alpha value is -2.17. The van der Waals surface area contributed by atoms with Gasteiger partial charge in [0, 0.05) is 5.92 Å². The zero-order chi connectivity index (χ0) is 14.4. The van der Waals surface area contributed by atoms with Gasteiger partial charge in [-0.2, -0.15) is 0 Å². The van der Waals surface area contributed by atoms with E-state index in [0.717, 1.165) is 11.1 Å². The Labute approximate surface area is 117 Å². The van der Waals surface area contributed by atoms with Crippen molar-refractivity contribution in [3.05, 3.63) is 71.8 Å². The van der Waals surface area contributed by atoms with Crippen molar-refractivity contribution in [2.45, 2.75) is 12.0 Å². The van der Waals surface area contributed by atoms with E-state index < -0.39 is 24.8 Å². The highest BCUT2D eigenvalue weighted by Crippen LogP contribution is 2.29. The minimum absolute atomic E-state index is 0.470. The van der Waals surface area contributed by atoms with Crippen molar-refractivity contribution in [2.75, 3.05) is 6.79 Å².